The van der Waals surface area contributed by atoms with Gasteiger partial charge in [-0.3, -0.25) is 4.79 Å². The number of rotatable bonds is 4. The quantitative estimate of drug-likeness (QED) is 0.500. The Hall–Kier alpha value is -2.92. The largest absolute Gasteiger partial charge is 0.489 e. The van der Waals surface area contributed by atoms with E-state index in [1.165, 1.54) is 10.4 Å². The van der Waals surface area contributed by atoms with Crippen LogP contribution in [0.5, 0.6) is 5.75 Å². The Bertz CT molecular complexity index is 1210. The molecule has 29 heavy (non-hydrogen) atoms. The lowest BCUT2D eigenvalue weighted by molar-refractivity contribution is 0.306. The number of aromatic nitrogens is 2. The molecule has 0 bridgehead atoms. The van der Waals surface area contributed by atoms with E-state index in [0.29, 0.717) is 18.3 Å². The summed E-state index contributed by atoms with van der Waals surface area (Å²) in [4.78, 5) is 22.8. The monoisotopic (exact) mass is 402 g/mol. The maximum atomic E-state index is 12.8. The number of H-pyrrole nitrogens is 1. The molecule has 0 fully saturated rings. The average molecular weight is 403 g/mol. The number of fused-ring (bicyclic) bond motifs is 3. The van der Waals surface area contributed by atoms with Gasteiger partial charge >= 0.3 is 0 Å². The predicted octanol–water partition coefficient (Wildman–Crippen LogP) is 5.36. The molecule has 4 aromatic rings. The van der Waals surface area contributed by atoms with E-state index in [1.54, 1.807) is 11.3 Å². The maximum Gasteiger partial charge on any atom is 0.260 e. The molecule has 0 radical (unpaired) electrons. The van der Waals surface area contributed by atoms with Crippen molar-refractivity contribution in [2.24, 2.45) is 5.92 Å². The number of nitrogens with one attached hydrogen (secondary N) is 1. The molecule has 1 unspecified atom stereocenters. The fourth-order valence-electron chi connectivity index (χ4n) is 3.94. The van der Waals surface area contributed by atoms with Crippen molar-refractivity contribution in [3.05, 3.63) is 81.0 Å². The van der Waals surface area contributed by atoms with Gasteiger partial charge in [0.2, 0.25) is 0 Å². The zero-order valence-electron chi connectivity index (χ0n) is 16.3. The number of thiophene rings is 1. The molecule has 5 rings (SSSR count). The average Bonchev–Trinajstić information content (AvgIpc) is 3.11. The standard InChI is InChI=1S/C24H22N2O2S/c1-15-7-12-19-20(13-15)29-24-21(19)23(27)25-22(26-24)17-8-10-18(11-9-17)28-14-16-5-3-2-4-6-16/h2-6,8-11,15H,7,12-14H2,1H3,(H,25,26,27). The molecule has 0 amide bonds. The number of hydrogen-bond acceptors (Lipinski definition) is 4. The van der Waals surface area contributed by atoms with Gasteiger partial charge in [-0.25, -0.2) is 4.98 Å². The van der Waals surface area contributed by atoms with Gasteiger partial charge in [-0.15, -0.1) is 11.3 Å². The van der Waals surface area contributed by atoms with Crippen molar-refractivity contribution in [1.29, 1.82) is 0 Å². The van der Waals surface area contributed by atoms with Crippen LogP contribution in [0.25, 0.3) is 21.6 Å². The molecule has 146 valence electrons. The van der Waals surface area contributed by atoms with Crippen molar-refractivity contribution in [3.63, 3.8) is 0 Å². The Morgan fingerprint density at radius 3 is 2.72 bits per heavy atom. The lowest BCUT2D eigenvalue weighted by Crippen LogP contribution is -2.13. The zero-order chi connectivity index (χ0) is 19.8. The van der Waals surface area contributed by atoms with Crippen LogP contribution in [-0.4, -0.2) is 9.97 Å². The molecule has 5 heteroatoms. The molecule has 1 aliphatic rings. The number of aryl methyl sites for hydroxylation is 1. The SMILES string of the molecule is CC1CCc2c(sc3nc(-c4ccc(OCc5ccccc5)cc4)[nH]c(=O)c23)C1. The van der Waals surface area contributed by atoms with Crippen molar-refractivity contribution in [2.75, 3.05) is 0 Å². The Morgan fingerprint density at radius 1 is 1.14 bits per heavy atom. The molecule has 0 saturated heterocycles. The summed E-state index contributed by atoms with van der Waals surface area (Å²) in [6, 6.07) is 17.8. The minimum absolute atomic E-state index is 0.0264. The summed E-state index contributed by atoms with van der Waals surface area (Å²) in [5.41, 5.74) is 3.20. The van der Waals surface area contributed by atoms with Gasteiger partial charge in [-0.1, -0.05) is 37.3 Å². The van der Waals surface area contributed by atoms with Crippen LogP contribution in [0.1, 0.15) is 29.3 Å². The number of ether oxygens (including phenoxy) is 1. The van der Waals surface area contributed by atoms with Crippen molar-refractivity contribution in [2.45, 2.75) is 32.8 Å². The van der Waals surface area contributed by atoms with Crippen molar-refractivity contribution >= 4 is 21.6 Å². The van der Waals surface area contributed by atoms with Gasteiger partial charge in [0, 0.05) is 10.4 Å². The number of benzene rings is 2. The third-order valence-corrected chi connectivity index (χ3v) is 6.69. The van der Waals surface area contributed by atoms with Gasteiger partial charge in [-0.05, 0) is 60.6 Å². The first-order valence-corrected chi connectivity index (χ1v) is 10.8. The minimum Gasteiger partial charge on any atom is -0.489 e. The molecule has 2 aromatic heterocycles. The molecular formula is C24H22N2O2S. The van der Waals surface area contributed by atoms with Gasteiger partial charge in [0.1, 0.15) is 23.0 Å². The molecular weight excluding hydrogens is 380 g/mol. The van der Waals surface area contributed by atoms with Crippen LogP contribution in [0.4, 0.5) is 0 Å². The number of hydrogen-bond donors (Lipinski definition) is 1. The van der Waals surface area contributed by atoms with Crippen LogP contribution in [0.3, 0.4) is 0 Å². The van der Waals surface area contributed by atoms with E-state index in [1.807, 2.05) is 54.6 Å². The van der Waals surface area contributed by atoms with E-state index in [4.69, 9.17) is 9.72 Å². The first kappa shape index (κ1) is 18.1. The van der Waals surface area contributed by atoms with Crippen LogP contribution in [0.15, 0.2) is 59.4 Å². The van der Waals surface area contributed by atoms with E-state index >= 15 is 0 Å². The molecule has 1 aliphatic carbocycles. The maximum absolute atomic E-state index is 12.8. The Balaban J connectivity index is 1.41. The lowest BCUT2D eigenvalue weighted by atomic mass is 9.89. The van der Waals surface area contributed by atoms with Gasteiger partial charge in [-0.2, -0.15) is 0 Å². The molecule has 0 saturated carbocycles. The summed E-state index contributed by atoms with van der Waals surface area (Å²) >= 11 is 1.68. The van der Waals surface area contributed by atoms with Gasteiger partial charge in [0.15, 0.2) is 0 Å². The van der Waals surface area contributed by atoms with Gasteiger partial charge < -0.3 is 9.72 Å². The fraction of sp³-hybridized carbons (Fsp3) is 0.250. The molecule has 0 aliphatic heterocycles. The zero-order valence-corrected chi connectivity index (χ0v) is 17.1. The van der Waals surface area contributed by atoms with Crippen LogP contribution in [-0.2, 0) is 19.4 Å². The highest BCUT2D eigenvalue weighted by atomic mass is 32.1. The Morgan fingerprint density at radius 2 is 1.93 bits per heavy atom. The normalized spacial score (nSPS) is 16.0. The van der Waals surface area contributed by atoms with Crippen molar-refractivity contribution in [1.82, 2.24) is 9.97 Å². The highest BCUT2D eigenvalue weighted by Crippen LogP contribution is 2.36. The molecule has 4 nitrogen and oxygen atoms in total. The van der Waals surface area contributed by atoms with E-state index in [9.17, 15) is 4.79 Å². The second kappa shape index (κ2) is 7.48. The first-order valence-electron chi connectivity index (χ1n) is 9.99. The van der Waals surface area contributed by atoms with Crippen LogP contribution < -0.4 is 10.3 Å². The smallest absolute Gasteiger partial charge is 0.260 e. The summed E-state index contributed by atoms with van der Waals surface area (Å²) < 4.78 is 5.85. The third-order valence-electron chi connectivity index (χ3n) is 5.54. The van der Waals surface area contributed by atoms with Crippen LogP contribution >= 0.6 is 11.3 Å². The third kappa shape index (κ3) is 3.58. The van der Waals surface area contributed by atoms with E-state index in [0.717, 1.165) is 46.4 Å². The second-order valence-corrected chi connectivity index (χ2v) is 8.83. The van der Waals surface area contributed by atoms with E-state index < -0.39 is 0 Å². The molecule has 2 aromatic carbocycles. The Labute approximate surface area is 173 Å². The summed E-state index contributed by atoms with van der Waals surface area (Å²) in [5, 5.41) is 0.795. The lowest BCUT2D eigenvalue weighted by Gasteiger charge is -2.17. The van der Waals surface area contributed by atoms with E-state index in [-0.39, 0.29) is 5.56 Å². The van der Waals surface area contributed by atoms with Crippen molar-refractivity contribution < 1.29 is 4.74 Å². The molecule has 0 spiro atoms. The van der Waals surface area contributed by atoms with Gasteiger partial charge in [0.05, 0.1) is 5.39 Å². The van der Waals surface area contributed by atoms with E-state index in [2.05, 4.69) is 11.9 Å². The Kier molecular flexibility index (Phi) is 4.68. The highest BCUT2D eigenvalue weighted by Gasteiger charge is 2.23. The number of aromatic amines is 1. The molecule has 1 N–H and O–H groups in total. The molecule has 1 atom stereocenters. The predicted molar refractivity (Wildman–Crippen MR) is 118 cm³/mol. The van der Waals surface area contributed by atoms with Gasteiger partial charge in [0.25, 0.3) is 5.56 Å². The second-order valence-electron chi connectivity index (χ2n) is 7.75. The highest BCUT2D eigenvalue weighted by molar-refractivity contribution is 7.18. The fourth-order valence-corrected chi connectivity index (χ4v) is 5.32. The first-order chi connectivity index (χ1) is 14.2. The minimum atomic E-state index is -0.0264. The topological polar surface area (TPSA) is 55.0 Å². The molecule has 2 heterocycles. The number of nitrogens with zero attached hydrogens (tertiary/aromatic N) is 1. The van der Waals surface area contributed by atoms with Crippen LogP contribution in [0, 0.1) is 5.92 Å². The summed E-state index contributed by atoms with van der Waals surface area (Å²) in [6.07, 6.45) is 3.18. The summed E-state index contributed by atoms with van der Waals surface area (Å²) in [6.45, 7) is 2.80. The summed E-state index contributed by atoms with van der Waals surface area (Å²) in [7, 11) is 0. The van der Waals surface area contributed by atoms with Crippen LogP contribution in [0.2, 0.25) is 0 Å². The van der Waals surface area contributed by atoms with Crippen molar-refractivity contribution in [3.8, 4) is 17.1 Å². The summed E-state index contributed by atoms with van der Waals surface area (Å²) in [5.74, 6) is 2.09.